The van der Waals surface area contributed by atoms with Crippen molar-refractivity contribution in [2.24, 2.45) is 0 Å². The van der Waals surface area contributed by atoms with Crippen molar-refractivity contribution >= 4 is 10.0 Å². The van der Waals surface area contributed by atoms with Gasteiger partial charge in [-0.15, -0.1) is 10.2 Å². The first-order chi connectivity index (χ1) is 9.11. The van der Waals surface area contributed by atoms with E-state index >= 15 is 0 Å². The fraction of sp³-hybridized carbons (Fsp3) is 0.364. The summed E-state index contributed by atoms with van der Waals surface area (Å²) in [6.45, 7) is 1.82. The normalized spacial score (nSPS) is 11.6. The van der Waals surface area contributed by atoms with E-state index < -0.39 is 10.0 Å². The molecule has 19 heavy (non-hydrogen) atoms. The maximum Gasteiger partial charge on any atom is 0.247 e. The minimum Gasteiger partial charge on any atom is -0.421 e. The Bertz CT molecular complexity index is 624. The highest BCUT2D eigenvalue weighted by molar-refractivity contribution is 7.89. The van der Waals surface area contributed by atoms with Gasteiger partial charge in [0.15, 0.2) is 0 Å². The molecule has 0 amide bonds. The zero-order valence-electron chi connectivity index (χ0n) is 10.4. The van der Waals surface area contributed by atoms with Gasteiger partial charge in [-0.25, -0.2) is 13.1 Å². The van der Waals surface area contributed by atoms with Crippen molar-refractivity contribution in [3.05, 3.63) is 30.4 Å². The maximum atomic E-state index is 11.2. The van der Waals surface area contributed by atoms with Crippen molar-refractivity contribution in [3.8, 4) is 11.5 Å². The maximum absolute atomic E-state index is 11.2. The minimum absolute atomic E-state index is 0.0547. The van der Waals surface area contributed by atoms with Crippen LogP contribution in [0.2, 0.25) is 0 Å². The van der Waals surface area contributed by atoms with Crippen LogP contribution >= 0.6 is 0 Å². The van der Waals surface area contributed by atoms with Gasteiger partial charge in [0.1, 0.15) is 0 Å². The average molecular weight is 282 g/mol. The van der Waals surface area contributed by atoms with E-state index in [0.717, 1.165) is 5.56 Å². The smallest absolute Gasteiger partial charge is 0.247 e. The van der Waals surface area contributed by atoms with Crippen LogP contribution in [-0.4, -0.2) is 35.9 Å². The van der Waals surface area contributed by atoms with Crippen molar-refractivity contribution in [2.75, 3.05) is 12.3 Å². The highest BCUT2D eigenvalue weighted by Gasteiger charge is 2.10. The van der Waals surface area contributed by atoms with Crippen LogP contribution in [0.4, 0.5) is 0 Å². The fourth-order valence-electron chi connectivity index (χ4n) is 1.38. The molecule has 2 heterocycles. The zero-order valence-corrected chi connectivity index (χ0v) is 11.2. The quantitative estimate of drug-likeness (QED) is 0.833. The topological polar surface area (TPSA) is 98.0 Å². The van der Waals surface area contributed by atoms with Crippen LogP contribution in [-0.2, 0) is 16.4 Å². The molecule has 0 aromatic carbocycles. The lowest BCUT2D eigenvalue weighted by atomic mass is 10.3. The molecule has 0 aliphatic carbocycles. The predicted molar refractivity (Wildman–Crippen MR) is 68.7 cm³/mol. The van der Waals surface area contributed by atoms with Crippen LogP contribution < -0.4 is 4.72 Å². The first-order valence-corrected chi connectivity index (χ1v) is 7.46. The van der Waals surface area contributed by atoms with Gasteiger partial charge in [-0.3, -0.25) is 4.98 Å². The van der Waals surface area contributed by atoms with Crippen molar-refractivity contribution in [3.63, 3.8) is 0 Å². The van der Waals surface area contributed by atoms with E-state index in [2.05, 4.69) is 19.9 Å². The van der Waals surface area contributed by atoms with E-state index in [4.69, 9.17) is 4.42 Å². The molecule has 0 aliphatic rings. The molecule has 0 aliphatic heterocycles. The van der Waals surface area contributed by atoms with Gasteiger partial charge in [0.05, 0.1) is 5.75 Å². The number of nitrogens with zero attached hydrogens (tertiary/aromatic N) is 3. The number of pyridine rings is 1. The average Bonchev–Trinajstić information content (AvgIpc) is 2.88. The van der Waals surface area contributed by atoms with Crippen LogP contribution in [0.3, 0.4) is 0 Å². The molecule has 2 aromatic heterocycles. The summed E-state index contributed by atoms with van der Waals surface area (Å²) in [6, 6.07) is 3.52. The predicted octanol–water partition coefficient (Wildman–Crippen LogP) is 0.613. The summed E-state index contributed by atoms with van der Waals surface area (Å²) >= 11 is 0. The third-order valence-electron chi connectivity index (χ3n) is 2.43. The van der Waals surface area contributed by atoms with Crippen LogP contribution in [0.5, 0.6) is 0 Å². The van der Waals surface area contributed by atoms with Crippen molar-refractivity contribution in [2.45, 2.75) is 13.3 Å². The molecule has 0 spiro atoms. The molecule has 102 valence electrons. The van der Waals surface area contributed by atoms with Gasteiger partial charge in [-0.1, -0.05) is 0 Å². The number of hydrogen-bond donors (Lipinski definition) is 1. The SMILES string of the molecule is CCS(=O)(=O)NCCc1nnc(-c2ccncc2)o1. The van der Waals surface area contributed by atoms with E-state index in [-0.39, 0.29) is 12.3 Å². The number of hydrogen-bond acceptors (Lipinski definition) is 6. The van der Waals surface area contributed by atoms with Gasteiger partial charge in [-0.05, 0) is 19.1 Å². The molecular weight excluding hydrogens is 268 g/mol. The Hall–Kier alpha value is -1.80. The summed E-state index contributed by atoms with van der Waals surface area (Å²) < 4.78 is 30.3. The molecule has 1 N–H and O–H groups in total. The van der Waals surface area contributed by atoms with Gasteiger partial charge in [-0.2, -0.15) is 0 Å². The second-order valence-electron chi connectivity index (χ2n) is 3.78. The number of nitrogens with one attached hydrogen (secondary N) is 1. The summed E-state index contributed by atoms with van der Waals surface area (Å²) in [5, 5.41) is 7.77. The van der Waals surface area contributed by atoms with Gasteiger partial charge in [0.2, 0.25) is 21.8 Å². The molecule has 0 atom stereocenters. The Morgan fingerprint density at radius 2 is 2.00 bits per heavy atom. The highest BCUT2D eigenvalue weighted by atomic mass is 32.2. The number of rotatable bonds is 6. The molecule has 0 unspecified atom stereocenters. The zero-order chi connectivity index (χ0) is 13.7. The van der Waals surface area contributed by atoms with Crippen molar-refractivity contribution < 1.29 is 12.8 Å². The molecule has 2 aromatic rings. The van der Waals surface area contributed by atoms with Crippen LogP contribution in [0.25, 0.3) is 11.5 Å². The number of aromatic nitrogens is 3. The molecule has 0 bridgehead atoms. The monoisotopic (exact) mass is 282 g/mol. The van der Waals surface area contributed by atoms with E-state index in [9.17, 15) is 8.42 Å². The first-order valence-electron chi connectivity index (χ1n) is 5.81. The summed E-state index contributed by atoms with van der Waals surface area (Å²) in [6.07, 6.45) is 3.63. The minimum atomic E-state index is -3.18. The van der Waals surface area contributed by atoms with Gasteiger partial charge in [0.25, 0.3) is 0 Å². The highest BCUT2D eigenvalue weighted by Crippen LogP contribution is 2.16. The van der Waals surface area contributed by atoms with Crippen LogP contribution in [0.1, 0.15) is 12.8 Å². The summed E-state index contributed by atoms with van der Waals surface area (Å²) in [5.41, 5.74) is 0.780. The lowest BCUT2D eigenvalue weighted by molar-refractivity contribution is 0.502. The molecule has 0 fully saturated rings. The third-order valence-corrected chi connectivity index (χ3v) is 3.84. The molecule has 7 nitrogen and oxygen atoms in total. The Kier molecular flexibility index (Phi) is 4.23. The standard InChI is InChI=1S/C11H14N4O3S/c1-2-19(16,17)13-8-5-10-14-15-11(18-10)9-3-6-12-7-4-9/h3-4,6-7,13H,2,5,8H2,1H3. The molecular formula is C11H14N4O3S. The van der Waals surface area contributed by atoms with Gasteiger partial charge < -0.3 is 4.42 Å². The number of sulfonamides is 1. The Morgan fingerprint density at radius 3 is 2.68 bits per heavy atom. The third kappa shape index (κ3) is 3.83. The van der Waals surface area contributed by atoms with Gasteiger partial charge in [0, 0.05) is 30.9 Å². The summed E-state index contributed by atoms with van der Waals surface area (Å²) in [7, 11) is -3.18. The second-order valence-corrected chi connectivity index (χ2v) is 5.88. The molecule has 8 heteroatoms. The largest absolute Gasteiger partial charge is 0.421 e. The molecule has 0 radical (unpaired) electrons. The van der Waals surface area contributed by atoms with Crippen molar-refractivity contribution in [1.82, 2.24) is 19.9 Å². The lowest BCUT2D eigenvalue weighted by Crippen LogP contribution is -2.27. The van der Waals surface area contributed by atoms with E-state index in [1.807, 2.05) is 0 Å². The Morgan fingerprint density at radius 1 is 1.26 bits per heavy atom. The van der Waals surface area contributed by atoms with E-state index in [1.165, 1.54) is 0 Å². The molecule has 2 rings (SSSR count). The van der Waals surface area contributed by atoms with Crippen LogP contribution in [0, 0.1) is 0 Å². The second kappa shape index (κ2) is 5.89. The van der Waals surface area contributed by atoms with Gasteiger partial charge >= 0.3 is 0 Å². The first kappa shape index (κ1) is 13.6. The van der Waals surface area contributed by atoms with E-state index in [1.54, 1.807) is 31.5 Å². The fourth-order valence-corrected chi connectivity index (χ4v) is 2.00. The van der Waals surface area contributed by atoms with E-state index in [0.29, 0.717) is 18.2 Å². The lowest BCUT2D eigenvalue weighted by Gasteiger charge is -2.01. The van der Waals surface area contributed by atoms with Crippen LogP contribution in [0.15, 0.2) is 28.9 Å². The van der Waals surface area contributed by atoms with Crippen molar-refractivity contribution in [1.29, 1.82) is 0 Å². The Balaban J connectivity index is 1.95. The molecule has 0 saturated heterocycles. The molecule has 0 saturated carbocycles. The Labute approximate surface area is 111 Å². The summed E-state index contributed by atoms with van der Waals surface area (Å²) in [5.74, 6) is 0.848. The summed E-state index contributed by atoms with van der Waals surface area (Å²) in [4.78, 5) is 3.90.